The molecule has 0 radical (unpaired) electrons. The van der Waals surface area contributed by atoms with Crippen LogP contribution in [0, 0.1) is 23.7 Å². The Morgan fingerprint density at radius 3 is 1.85 bits per heavy atom. The Bertz CT molecular complexity index is 1610. The van der Waals surface area contributed by atoms with Crippen LogP contribution in [-0.4, -0.2) is 50.5 Å². The van der Waals surface area contributed by atoms with Crippen molar-refractivity contribution in [1.29, 1.82) is 0 Å². The Labute approximate surface area is 280 Å². The van der Waals surface area contributed by atoms with Crippen LogP contribution in [0.5, 0.6) is 0 Å². The van der Waals surface area contributed by atoms with Crippen LogP contribution in [0.1, 0.15) is 69.1 Å². The molecule has 4 bridgehead atoms. The number of rotatable bonds is 13. The van der Waals surface area contributed by atoms with Gasteiger partial charge in [0.15, 0.2) is 0 Å². The lowest BCUT2D eigenvalue weighted by Gasteiger charge is -2.57. The van der Waals surface area contributed by atoms with Crippen molar-refractivity contribution in [1.82, 2.24) is 10.2 Å². The van der Waals surface area contributed by atoms with Gasteiger partial charge in [-0.15, -0.1) is 0 Å². The molecule has 3 aromatic rings. The Morgan fingerprint density at radius 1 is 0.809 bits per heavy atom. The number of nitrogens with zero attached hydrogens (tertiary/aromatic N) is 2. The van der Waals surface area contributed by atoms with Crippen LogP contribution in [-0.2, 0) is 38.0 Å². The zero-order valence-corrected chi connectivity index (χ0v) is 28.8. The SMILES string of the molecule is CC(C)CNC(=O)[C@@H](Cc1ccccc1)N(Cc1ccccc1)C(=O)CN(c1ccc(C23CC4CC(CC(C4)C2)C3)cc1)S(C)(=O)=O. The maximum atomic E-state index is 14.4. The van der Waals surface area contributed by atoms with E-state index in [0.717, 1.165) is 35.1 Å². The summed E-state index contributed by atoms with van der Waals surface area (Å²) in [5.41, 5.74) is 3.75. The molecule has 250 valence electrons. The number of carbonyl (C=O) groups excluding carboxylic acids is 2. The van der Waals surface area contributed by atoms with E-state index in [1.54, 1.807) is 4.90 Å². The van der Waals surface area contributed by atoms with E-state index in [1.165, 1.54) is 48.4 Å². The summed E-state index contributed by atoms with van der Waals surface area (Å²) in [5, 5.41) is 3.03. The smallest absolute Gasteiger partial charge is 0.244 e. The molecular weight excluding hydrogens is 607 g/mol. The molecule has 8 heteroatoms. The zero-order valence-electron chi connectivity index (χ0n) is 28.0. The van der Waals surface area contributed by atoms with Gasteiger partial charge in [0.2, 0.25) is 21.8 Å². The van der Waals surface area contributed by atoms with Crippen molar-refractivity contribution < 1.29 is 18.0 Å². The molecule has 0 unspecified atom stereocenters. The van der Waals surface area contributed by atoms with E-state index < -0.39 is 28.5 Å². The van der Waals surface area contributed by atoms with Gasteiger partial charge in [-0.2, -0.15) is 0 Å². The number of carbonyl (C=O) groups is 2. The molecule has 1 atom stereocenters. The van der Waals surface area contributed by atoms with Gasteiger partial charge in [-0.3, -0.25) is 13.9 Å². The molecule has 7 rings (SSSR count). The normalized spacial score (nSPS) is 23.8. The minimum atomic E-state index is -3.82. The van der Waals surface area contributed by atoms with Crippen molar-refractivity contribution >= 4 is 27.5 Å². The highest BCUT2D eigenvalue weighted by atomic mass is 32.2. The van der Waals surface area contributed by atoms with E-state index >= 15 is 0 Å². The summed E-state index contributed by atoms with van der Waals surface area (Å²) >= 11 is 0. The molecule has 0 spiro atoms. The van der Waals surface area contributed by atoms with Crippen molar-refractivity contribution in [3.8, 4) is 0 Å². The highest BCUT2D eigenvalue weighted by Gasteiger charge is 2.51. The maximum Gasteiger partial charge on any atom is 0.244 e. The summed E-state index contributed by atoms with van der Waals surface area (Å²) in [7, 11) is -3.82. The third-order valence-electron chi connectivity index (χ3n) is 10.6. The molecule has 2 amide bonds. The number of nitrogens with one attached hydrogen (secondary N) is 1. The summed E-state index contributed by atoms with van der Waals surface area (Å²) in [5.74, 6) is 1.98. The number of sulfonamides is 1. The van der Waals surface area contributed by atoms with Gasteiger partial charge in [0.05, 0.1) is 11.9 Å². The second kappa shape index (κ2) is 13.8. The molecule has 4 aliphatic carbocycles. The first-order valence-corrected chi connectivity index (χ1v) is 19.1. The summed E-state index contributed by atoms with van der Waals surface area (Å²) in [6, 6.07) is 26.3. The summed E-state index contributed by atoms with van der Waals surface area (Å²) < 4.78 is 27.8. The van der Waals surface area contributed by atoms with Crippen LogP contribution in [0.25, 0.3) is 0 Å². The van der Waals surface area contributed by atoms with Crippen LogP contribution >= 0.6 is 0 Å². The molecule has 1 N–H and O–H groups in total. The van der Waals surface area contributed by atoms with Gasteiger partial charge < -0.3 is 10.2 Å². The maximum absolute atomic E-state index is 14.4. The van der Waals surface area contributed by atoms with Crippen molar-refractivity contribution in [2.24, 2.45) is 23.7 Å². The summed E-state index contributed by atoms with van der Waals surface area (Å²) in [6.07, 6.45) is 9.21. The molecule has 4 saturated carbocycles. The van der Waals surface area contributed by atoms with Crippen molar-refractivity contribution in [3.63, 3.8) is 0 Å². The molecule has 3 aromatic carbocycles. The van der Waals surface area contributed by atoms with Gasteiger partial charge >= 0.3 is 0 Å². The van der Waals surface area contributed by atoms with Gasteiger partial charge in [0, 0.05) is 19.5 Å². The van der Waals surface area contributed by atoms with E-state index in [-0.39, 0.29) is 23.8 Å². The average Bonchev–Trinajstić information content (AvgIpc) is 3.04. The number of hydrogen-bond acceptors (Lipinski definition) is 4. The first-order valence-electron chi connectivity index (χ1n) is 17.2. The average molecular weight is 656 g/mol. The third-order valence-corrected chi connectivity index (χ3v) is 11.8. The molecule has 0 heterocycles. The Balaban J connectivity index is 1.29. The fourth-order valence-corrected chi connectivity index (χ4v) is 9.67. The molecule has 0 aliphatic heterocycles. The van der Waals surface area contributed by atoms with E-state index in [1.807, 2.05) is 86.6 Å². The third kappa shape index (κ3) is 7.75. The predicted octanol–water partition coefficient (Wildman–Crippen LogP) is 6.33. The molecule has 47 heavy (non-hydrogen) atoms. The van der Waals surface area contributed by atoms with E-state index in [9.17, 15) is 18.0 Å². The van der Waals surface area contributed by atoms with Crippen LogP contribution in [0.4, 0.5) is 5.69 Å². The lowest BCUT2D eigenvalue weighted by atomic mass is 9.48. The second-order valence-corrected chi connectivity index (χ2v) is 16.8. The van der Waals surface area contributed by atoms with Gasteiger partial charge in [-0.1, -0.05) is 86.6 Å². The van der Waals surface area contributed by atoms with Gasteiger partial charge in [-0.25, -0.2) is 8.42 Å². The molecule has 0 saturated heterocycles. The Hall–Kier alpha value is -3.65. The number of amides is 2. The van der Waals surface area contributed by atoms with Crippen molar-refractivity contribution in [3.05, 3.63) is 102 Å². The van der Waals surface area contributed by atoms with E-state index in [2.05, 4.69) is 17.4 Å². The first kappa shape index (κ1) is 33.3. The quantitative estimate of drug-likeness (QED) is 0.233. The van der Waals surface area contributed by atoms with Crippen molar-refractivity contribution in [2.45, 2.75) is 76.8 Å². The first-order chi connectivity index (χ1) is 22.5. The summed E-state index contributed by atoms with van der Waals surface area (Å²) in [4.78, 5) is 29.7. The highest BCUT2D eigenvalue weighted by Crippen LogP contribution is 2.60. The van der Waals surface area contributed by atoms with Gasteiger partial charge in [-0.05, 0) is 96.4 Å². The second-order valence-electron chi connectivity index (χ2n) is 14.9. The van der Waals surface area contributed by atoms with Crippen LogP contribution in [0.3, 0.4) is 0 Å². The van der Waals surface area contributed by atoms with Crippen LogP contribution in [0.15, 0.2) is 84.9 Å². The largest absolute Gasteiger partial charge is 0.354 e. The standard InChI is InChI=1S/C39H49N3O4S/c1-28(2)25-40-38(44)36(21-29-10-6-4-7-11-29)41(26-30-12-8-5-9-13-30)37(43)27-42(47(3,45)46)35-16-14-34(15-17-35)39-22-31-18-32(23-39)20-33(19-31)24-39/h4-17,28,31-33,36H,18-27H2,1-3H3,(H,40,44)/t31?,32?,33?,36-,39?/m1/s1. The number of hydrogen-bond donors (Lipinski definition) is 1. The number of benzene rings is 3. The zero-order chi connectivity index (χ0) is 33.2. The molecule has 7 nitrogen and oxygen atoms in total. The minimum Gasteiger partial charge on any atom is -0.354 e. The highest BCUT2D eigenvalue weighted by molar-refractivity contribution is 7.92. The van der Waals surface area contributed by atoms with E-state index in [4.69, 9.17) is 0 Å². The molecule has 4 fully saturated rings. The van der Waals surface area contributed by atoms with Gasteiger partial charge in [0.25, 0.3) is 0 Å². The Kier molecular flexibility index (Phi) is 9.79. The van der Waals surface area contributed by atoms with E-state index in [0.29, 0.717) is 18.7 Å². The fourth-order valence-electron chi connectivity index (χ4n) is 8.82. The fraction of sp³-hybridized carbons (Fsp3) is 0.487. The minimum absolute atomic E-state index is 0.175. The van der Waals surface area contributed by atoms with Gasteiger partial charge in [0.1, 0.15) is 12.6 Å². The Morgan fingerprint density at radius 2 is 1.34 bits per heavy atom. The molecule has 0 aromatic heterocycles. The summed E-state index contributed by atoms with van der Waals surface area (Å²) in [6.45, 7) is 4.30. The van der Waals surface area contributed by atoms with Crippen LogP contribution in [0.2, 0.25) is 0 Å². The monoisotopic (exact) mass is 655 g/mol. The lowest BCUT2D eigenvalue weighted by Crippen LogP contribution is -2.53. The predicted molar refractivity (Wildman–Crippen MR) is 187 cm³/mol. The molecular formula is C39H49N3O4S. The van der Waals surface area contributed by atoms with Crippen LogP contribution < -0.4 is 9.62 Å². The van der Waals surface area contributed by atoms with Crippen molar-refractivity contribution in [2.75, 3.05) is 23.7 Å². The number of anilines is 1. The lowest BCUT2D eigenvalue weighted by molar-refractivity contribution is -0.140. The topological polar surface area (TPSA) is 86.8 Å². The molecule has 4 aliphatic rings.